The highest BCUT2D eigenvalue weighted by molar-refractivity contribution is 5.76. The molecule has 4 rings (SSSR count). The maximum atomic E-state index is 12.8. The van der Waals surface area contributed by atoms with Crippen LogP contribution in [0.1, 0.15) is 49.9 Å². The second-order valence-corrected chi connectivity index (χ2v) is 9.87. The summed E-state index contributed by atoms with van der Waals surface area (Å²) in [6.45, 7) is 7.35. The first kappa shape index (κ1) is 23.0. The molecular formula is C26H39N5O. The number of nitrogens with zero attached hydrogens (tertiary/aromatic N) is 5. The predicted molar refractivity (Wildman–Crippen MR) is 129 cm³/mol. The van der Waals surface area contributed by atoms with E-state index >= 15 is 0 Å². The van der Waals surface area contributed by atoms with Crippen LogP contribution in [0.2, 0.25) is 0 Å². The molecule has 0 aliphatic carbocycles. The highest BCUT2D eigenvalue weighted by atomic mass is 16.2. The van der Waals surface area contributed by atoms with Crippen molar-refractivity contribution in [1.82, 2.24) is 24.3 Å². The normalized spacial score (nSPS) is 21.0. The second-order valence-electron chi connectivity index (χ2n) is 9.87. The second kappa shape index (κ2) is 10.6. The van der Waals surface area contributed by atoms with Crippen LogP contribution >= 0.6 is 0 Å². The summed E-state index contributed by atoms with van der Waals surface area (Å²) >= 11 is 0. The van der Waals surface area contributed by atoms with Crippen molar-refractivity contribution in [2.45, 2.75) is 58.0 Å². The van der Waals surface area contributed by atoms with E-state index < -0.39 is 0 Å². The largest absolute Gasteiger partial charge is 0.343 e. The molecule has 0 bridgehead atoms. The summed E-state index contributed by atoms with van der Waals surface area (Å²) in [6, 6.07) is 8.99. The highest BCUT2D eigenvalue weighted by Gasteiger charge is 2.26. The first-order chi connectivity index (χ1) is 15.5. The molecule has 1 atom stereocenters. The van der Waals surface area contributed by atoms with Crippen LogP contribution in [0.15, 0.2) is 36.7 Å². The standard InChI is InChI=1S/C26H39N5O/c1-21-6-4-8-24(18-21)31-17-13-27-25(31)20-30-14-5-7-22(19-30)9-10-26(32)29(3)23-11-15-28(2)16-12-23/h4,6,8,13,17-18,22-23H,5,7,9-12,14-16,19-20H2,1-3H3/t22-/m1/s1. The van der Waals surface area contributed by atoms with Gasteiger partial charge in [-0.15, -0.1) is 0 Å². The molecule has 0 spiro atoms. The maximum absolute atomic E-state index is 12.8. The monoisotopic (exact) mass is 437 g/mol. The molecule has 2 fully saturated rings. The van der Waals surface area contributed by atoms with E-state index in [1.807, 2.05) is 18.1 Å². The number of carbonyl (C=O) groups is 1. The van der Waals surface area contributed by atoms with Crippen molar-refractivity contribution in [2.75, 3.05) is 40.3 Å². The molecule has 0 saturated carbocycles. The van der Waals surface area contributed by atoms with E-state index in [-0.39, 0.29) is 0 Å². The van der Waals surface area contributed by atoms with E-state index in [0.29, 0.717) is 24.3 Å². The minimum Gasteiger partial charge on any atom is -0.343 e. The number of amides is 1. The molecule has 1 amide bonds. The zero-order chi connectivity index (χ0) is 22.5. The van der Waals surface area contributed by atoms with Gasteiger partial charge in [0.15, 0.2) is 0 Å². The molecule has 2 saturated heterocycles. The van der Waals surface area contributed by atoms with Crippen molar-refractivity contribution in [3.8, 4) is 5.69 Å². The summed E-state index contributed by atoms with van der Waals surface area (Å²) in [5.74, 6) is 2.02. The minimum absolute atomic E-state index is 0.326. The van der Waals surface area contributed by atoms with Gasteiger partial charge in [0.2, 0.25) is 5.91 Å². The summed E-state index contributed by atoms with van der Waals surface area (Å²) in [5.41, 5.74) is 2.43. The molecule has 32 heavy (non-hydrogen) atoms. The van der Waals surface area contributed by atoms with Gasteiger partial charge in [0.25, 0.3) is 0 Å². The van der Waals surface area contributed by atoms with Crippen molar-refractivity contribution in [1.29, 1.82) is 0 Å². The number of hydrogen-bond donors (Lipinski definition) is 0. The zero-order valence-corrected chi connectivity index (χ0v) is 20.0. The van der Waals surface area contributed by atoms with Crippen LogP contribution in [-0.2, 0) is 11.3 Å². The van der Waals surface area contributed by atoms with Crippen LogP contribution in [0.4, 0.5) is 0 Å². The molecule has 174 valence electrons. The fraction of sp³-hybridized carbons (Fsp3) is 0.615. The topological polar surface area (TPSA) is 44.6 Å². The Bertz CT molecular complexity index is 886. The van der Waals surface area contributed by atoms with Gasteiger partial charge in [0.05, 0.1) is 6.54 Å². The molecule has 0 radical (unpaired) electrons. The third-order valence-corrected chi connectivity index (χ3v) is 7.36. The van der Waals surface area contributed by atoms with Crippen molar-refractivity contribution in [3.63, 3.8) is 0 Å². The summed E-state index contributed by atoms with van der Waals surface area (Å²) in [7, 11) is 4.18. The van der Waals surface area contributed by atoms with Crippen molar-refractivity contribution < 1.29 is 4.79 Å². The van der Waals surface area contributed by atoms with Gasteiger partial charge in [0.1, 0.15) is 5.82 Å². The van der Waals surface area contributed by atoms with Crippen LogP contribution in [0.5, 0.6) is 0 Å². The molecule has 2 aliphatic rings. The fourth-order valence-electron chi connectivity index (χ4n) is 5.28. The van der Waals surface area contributed by atoms with Gasteiger partial charge in [-0.3, -0.25) is 9.69 Å². The van der Waals surface area contributed by atoms with Crippen molar-refractivity contribution >= 4 is 5.91 Å². The van der Waals surface area contributed by atoms with Gasteiger partial charge in [-0.05, 0) is 89.3 Å². The third kappa shape index (κ3) is 5.78. The van der Waals surface area contributed by atoms with E-state index in [9.17, 15) is 4.79 Å². The first-order valence-corrected chi connectivity index (χ1v) is 12.3. The summed E-state index contributed by atoms with van der Waals surface area (Å²) in [6.07, 6.45) is 10.3. The van der Waals surface area contributed by atoms with Gasteiger partial charge >= 0.3 is 0 Å². The molecule has 6 nitrogen and oxygen atoms in total. The van der Waals surface area contributed by atoms with E-state index in [4.69, 9.17) is 0 Å². The number of imidazole rings is 1. The smallest absolute Gasteiger partial charge is 0.222 e. The average Bonchev–Trinajstić information content (AvgIpc) is 3.26. The number of benzene rings is 1. The predicted octanol–water partition coefficient (Wildman–Crippen LogP) is 3.73. The molecule has 2 aliphatic heterocycles. The van der Waals surface area contributed by atoms with Gasteiger partial charge in [-0.2, -0.15) is 0 Å². The van der Waals surface area contributed by atoms with Gasteiger partial charge < -0.3 is 14.4 Å². The summed E-state index contributed by atoms with van der Waals surface area (Å²) in [4.78, 5) is 24.4. The molecule has 0 unspecified atom stereocenters. The number of carbonyl (C=O) groups excluding carboxylic acids is 1. The minimum atomic E-state index is 0.326. The Morgan fingerprint density at radius 3 is 2.78 bits per heavy atom. The van der Waals surface area contributed by atoms with E-state index in [1.54, 1.807) is 0 Å². The third-order valence-electron chi connectivity index (χ3n) is 7.36. The number of aromatic nitrogens is 2. The number of aryl methyl sites for hydroxylation is 1. The van der Waals surface area contributed by atoms with Crippen LogP contribution in [0.3, 0.4) is 0 Å². The maximum Gasteiger partial charge on any atom is 0.222 e. The molecule has 0 N–H and O–H groups in total. The fourth-order valence-corrected chi connectivity index (χ4v) is 5.28. The van der Waals surface area contributed by atoms with Crippen LogP contribution in [0, 0.1) is 12.8 Å². The average molecular weight is 438 g/mol. The number of likely N-dealkylation sites (tertiary alicyclic amines) is 2. The Morgan fingerprint density at radius 1 is 1.19 bits per heavy atom. The first-order valence-electron chi connectivity index (χ1n) is 12.3. The summed E-state index contributed by atoms with van der Waals surface area (Å²) < 4.78 is 2.21. The Hall–Kier alpha value is -2.18. The summed E-state index contributed by atoms with van der Waals surface area (Å²) in [5, 5.41) is 0. The Kier molecular flexibility index (Phi) is 7.63. The van der Waals surface area contributed by atoms with E-state index in [2.05, 4.69) is 63.8 Å². The Labute approximate surface area is 193 Å². The molecule has 6 heteroatoms. The lowest BCUT2D eigenvalue weighted by Crippen LogP contribution is -2.44. The van der Waals surface area contributed by atoms with Gasteiger partial charge in [0, 0.05) is 44.1 Å². The molecule has 1 aromatic carbocycles. The van der Waals surface area contributed by atoms with Crippen LogP contribution < -0.4 is 0 Å². The Morgan fingerprint density at radius 2 is 2.00 bits per heavy atom. The zero-order valence-electron chi connectivity index (χ0n) is 20.0. The lowest BCUT2D eigenvalue weighted by molar-refractivity contribution is -0.133. The van der Waals surface area contributed by atoms with Crippen LogP contribution in [-0.4, -0.2) is 76.5 Å². The van der Waals surface area contributed by atoms with Gasteiger partial charge in [-0.25, -0.2) is 4.98 Å². The molecule has 2 aromatic rings. The molecule has 3 heterocycles. The molecule has 1 aromatic heterocycles. The number of rotatable bonds is 7. The Balaban J connectivity index is 1.28. The lowest BCUT2D eigenvalue weighted by Gasteiger charge is -2.36. The van der Waals surface area contributed by atoms with E-state index in [0.717, 1.165) is 57.8 Å². The van der Waals surface area contributed by atoms with Crippen molar-refractivity contribution in [3.05, 3.63) is 48.0 Å². The lowest BCUT2D eigenvalue weighted by atomic mass is 9.93. The SMILES string of the molecule is Cc1cccc(-n2ccnc2CN2CCC[C@H](CCC(=O)N(C)C3CCN(C)CC3)C2)c1. The van der Waals surface area contributed by atoms with Gasteiger partial charge in [-0.1, -0.05) is 12.1 Å². The highest BCUT2D eigenvalue weighted by Crippen LogP contribution is 2.24. The van der Waals surface area contributed by atoms with Crippen molar-refractivity contribution in [2.24, 2.45) is 5.92 Å². The quantitative estimate of drug-likeness (QED) is 0.662. The van der Waals surface area contributed by atoms with Crippen LogP contribution in [0.25, 0.3) is 5.69 Å². The number of hydrogen-bond acceptors (Lipinski definition) is 4. The number of piperidine rings is 2. The molecular weight excluding hydrogens is 398 g/mol. The van der Waals surface area contributed by atoms with E-state index in [1.165, 1.54) is 24.1 Å².